The molecule has 0 spiro atoms. The molecule has 0 radical (unpaired) electrons. The van der Waals surface area contributed by atoms with Gasteiger partial charge in [-0.05, 0) is 0 Å². The van der Waals surface area contributed by atoms with E-state index < -0.39 is 21.4 Å². The Kier molecular flexibility index (Phi) is 13.6. The van der Waals surface area contributed by atoms with E-state index >= 15 is 0 Å². The molecule has 0 aliphatic heterocycles. The molecule has 0 aromatic heterocycles. The molecule has 1 aromatic rings. The number of benzene rings is 1. The van der Waals surface area contributed by atoms with E-state index in [1.54, 1.807) is 0 Å². The molecule has 49 heavy (non-hydrogen) atoms. The molecule has 5 heteroatoms. The Morgan fingerprint density at radius 1 is 0.408 bits per heavy atom. The molecule has 0 heterocycles. The third-order valence-corrected chi connectivity index (χ3v) is 90.2. The first-order valence-corrected chi connectivity index (χ1v) is 37.0. The number of rotatable bonds is 10. The molecular weight excluding hydrogens is 762 g/mol. The van der Waals surface area contributed by atoms with Gasteiger partial charge < -0.3 is 0 Å². The quantitative estimate of drug-likeness (QED) is 0.163. The van der Waals surface area contributed by atoms with Crippen LogP contribution in [0.2, 0.25) is 0 Å². The predicted molar refractivity (Wildman–Crippen MR) is 226 cm³/mol. The Morgan fingerprint density at radius 2 is 0.653 bits per heavy atom. The molecule has 0 saturated heterocycles. The normalized spacial score (nSPS) is 27.7. The van der Waals surface area contributed by atoms with Gasteiger partial charge in [0.2, 0.25) is 0 Å². The molecule has 0 bridgehead atoms. The number of hydrogen-bond donors (Lipinski definition) is 0. The molecule has 0 atom stereocenters. The molecule has 6 saturated carbocycles. The molecule has 0 N–H and O–H groups in total. The van der Waals surface area contributed by atoms with Crippen LogP contribution in [0.25, 0.3) is 0 Å². The Labute approximate surface area is 312 Å². The van der Waals surface area contributed by atoms with Crippen LogP contribution in [0.15, 0.2) is 30.3 Å². The van der Waals surface area contributed by atoms with Gasteiger partial charge in [-0.25, -0.2) is 0 Å². The van der Waals surface area contributed by atoms with Gasteiger partial charge in [0.15, 0.2) is 0 Å². The van der Waals surface area contributed by atoms with Crippen LogP contribution in [0.3, 0.4) is 0 Å². The van der Waals surface area contributed by atoms with Gasteiger partial charge in [0.05, 0.1) is 0 Å². The van der Waals surface area contributed by atoms with Crippen molar-refractivity contribution in [2.24, 2.45) is 0 Å². The van der Waals surface area contributed by atoms with Crippen molar-refractivity contribution in [3.05, 3.63) is 35.9 Å². The fraction of sp³-hybridized carbons (Fsp3) is 0.841. The Balaban J connectivity index is 1.60. The summed E-state index contributed by atoms with van der Waals surface area (Å²) in [5.74, 6) is 0. The van der Waals surface area contributed by atoms with Crippen molar-refractivity contribution in [1.82, 2.24) is 0 Å². The third-order valence-electron chi connectivity index (χ3n) is 15.9. The number of halogens is 2. The second-order valence-electron chi connectivity index (χ2n) is 18.2. The van der Waals surface area contributed by atoms with Crippen LogP contribution >= 0.6 is 30.6 Å². The summed E-state index contributed by atoms with van der Waals surface area (Å²) >= 11 is 0. The summed E-state index contributed by atoms with van der Waals surface area (Å²) in [5, 5.41) is 0. The van der Waals surface area contributed by atoms with E-state index in [2.05, 4.69) is 34.9 Å². The summed E-state index contributed by atoms with van der Waals surface area (Å²) in [5.41, 5.74) is 2.34. The first-order valence-electron chi connectivity index (χ1n) is 22.1. The molecule has 6 aliphatic rings. The second kappa shape index (κ2) is 17.3. The van der Waals surface area contributed by atoms with Crippen LogP contribution in [0.4, 0.5) is 0 Å². The van der Waals surface area contributed by atoms with Gasteiger partial charge in [0.25, 0.3) is 0 Å². The van der Waals surface area contributed by atoms with Gasteiger partial charge in [-0.15, -0.1) is 0 Å². The van der Waals surface area contributed by atoms with Crippen molar-refractivity contribution in [2.45, 2.75) is 233 Å². The van der Waals surface area contributed by atoms with E-state index in [0.717, 1.165) is 40.4 Å². The van der Waals surface area contributed by atoms with Crippen molar-refractivity contribution in [1.29, 1.82) is 0 Å². The Bertz CT molecular complexity index is 1060. The predicted octanol–water partition coefficient (Wildman–Crippen LogP) is 15.4. The summed E-state index contributed by atoms with van der Waals surface area (Å²) in [6.07, 6.45) is 45.5. The summed E-state index contributed by atoms with van der Waals surface area (Å²) in [6, 6.07) is 11.7. The van der Waals surface area contributed by atoms with Crippen LogP contribution in [-0.2, 0) is 16.6 Å². The van der Waals surface area contributed by atoms with Crippen LogP contribution in [0.1, 0.15) is 198 Å². The van der Waals surface area contributed by atoms with Crippen molar-refractivity contribution in [3.63, 3.8) is 0 Å². The zero-order chi connectivity index (χ0) is 33.7. The average molecular weight is 839 g/mol. The molecule has 0 unspecified atom stereocenters. The van der Waals surface area contributed by atoms with Crippen LogP contribution in [-0.4, -0.2) is 38.6 Å². The molecule has 0 nitrogen and oxygen atoms in total. The van der Waals surface area contributed by atoms with Crippen LogP contribution in [0.5, 0.6) is 0 Å². The van der Waals surface area contributed by atoms with E-state index in [9.17, 15) is 19.4 Å². The maximum atomic E-state index is 10.0. The zero-order valence-electron chi connectivity index (χ0n) is 31.5. The zero-order valence-corrected chi connectivity index (χ0v) is 36.7. The minimum atomic E-state index is -4.35. The van der Waals surface area contributed by atoms with Gasteiger partial charge >= 0.3 is 314 Å². The van der Waals surface area contributed by atoms with E-state index in [0.29, 0.717) is 0 Å². The second-order valence-corrected chi connectivity index (χ2v) is 63.3. The minimum absolute atomic E-state index is 0.905. The monoisotopic (exact) mass is 838 g/mol. The molecule has 0 amide bonds. The fourth-order valence-electron chi connectivity index (χ4n) is 14.2. The summed E-state index contributed by atoms with van der Waals surface area (Å²) in [6.45, 7) is 0. The van der Waals surface area contributed by atoms with Gasteiger partial charge in [-0.1, -0.05) is 0 Å². The summed E-state index contributed by atoms with van der Waals surface area (Å²) < 4.78 is 3.09. The Morgan fingerprint density at radius 3 is 0.898 bits per heavy atom. The first kappa shape index (κ1) is 38.4. The van der Waals surface area contributed by atoms with Crippen molar-refractivity contribution in [2.75, 3.05) is 0 Å². The van der Waals surface area contributed by atoms with Crippen molar-refractivity contribution >= 4 is 35.2 Å². The van der Waals surface area contributed by atoms with Crippen LogP contribution in [0, 0.1) is 0 Å². The first-order chi connectivity index (χ1) is 24.0. The van der Waals surface area contributed by atoms with E-state index in [1.807, 2.05) is 0 Å². The van der Waals surface area contributed by atoms with E-state index in [4.69, 9.17) is 0 Å². The molecule has 284 valence electrons. The molecule has 7 rings (SSSR count). The molecular formula is C44H76Cl2P2Ru. The van der Waals surface area contributed by atoms with Crippen LogP contribution < -0.4 is 0 Å². The standard InChI is InChI=1S/2C18H33P.C8H8.2ClH.Ru/c2*1-4-10-16(11-5-1)19(17-12-6-2-7-13-17)18-14-8-3-9-15-18;1-2-8-6-4-3-5-7-8;;;/h2*16-18H,1-15H2;1,3-7H,2H2;2*1H;. The Hall–Kier alpha value is 1.15. The van der Waals surface area contributed by atoms with Crippen molar-refractivity contribution in [3.8, 4) is 0 Å². The number of hydrogen-bond acceptors (Lipinski definition) is 0. The maximum absolute atomic E-state index is 10.0. The van der Waals surface area contributed by atoms with E-state index in [1.165, 1.54) is 198 Å². The van der Waals surface area contributed by atoms with E-state index in [-0.39, 0.29) is 0 Å². The fourth-order valence-corrected chi connectivity index (χ4v) is 121. The molecule has 6 aliphatic carbocycles. The summed E-state index contributed by atoms with van der Waals surface area (Å²) in [4.78, 5) is 0. The van der Waals surface area contributed by atoms with Gasteiger partial charge in [-0.2, -0.15) is 0 Å². The molecule has 6 fully saturated rings. The SMILES string of the molecule is [Cl][Ru]([Cl])(=[CH]Cc1ccccc1)([PH](C1CCCCC1)(C1CCCCC1)C1CCCCC1)[PH](C1CCCCC1)(C1CCCCC1)C1CCCCC1. The third kappa shape index (κ3) is 7.09. The van der Waals surface area contributed by atoms with Gasteiger partial charge in [-0.3, -0.25) is 0 Å². The van der Waals surface area contributed by atoms with Crippen molar-refractivity contribution < 1.29 is 10.2 Å². The summed E-state index contributed by atoms with van der Waals surface area (Å²) in [7, 11) is 15.7. The van der Waals surface area contributed by atoms with Gasteiger partial charge in [0, 0.05) is 0 Å². The average Bonchev–Trinajstić information content (AvgIpc) is 3.18. The van der Waals surface area contributed by atoms with Gasteiger partial charge in [0.1, 0.15) is 0 Å². The molecule has 1 aromatic carbocycles. The topological polar surface area (TPSA) is 0 Å².